The molecule has 0 unspecified atom stereocenters. The molecule has 0 saturated carbocycles. The predicted octanol–water partition coefficient (Wildman–Crippen LogP) is 3.72. The van der Waals surface area contributed by atoms with Crippen LogP contribution in [0.3, 0.4) is 0 Å². The summed E-state index contributed by atoms with van der Waals surface area (Å²) in [6, 6.07) is 8.97. The molecule has 104 valence electrons. The predicted molar refractivity (Wildman–Crippen MR) is 82.4 cm³/mol. The number of nitrogens with zero attached hydrogens (tertiary/aromatic N) is 1. The molecule has 0 atom stereocenters. The third-order valence-electron chi connectivity index (χ3n) is 2.75. The Morgan fingerprint density at radius 2 is 2.00 bits per heavy atom. The summed E-state index contributed by atoms with van der Waals surface area (Å²) in [5.74, 6) is 1.04. The highest BCUT2D eigenvalue weighted by Crippen LogP contribution is 2.25. The number of rotatable bonds is 3. The Bertz CT molecular complexity index is 636. The van der Waals surface area contributed by atoms with Crippen molar-refractivity contribution in [2.24, 2.45) is 0 Å². The average Bonchev–Trinajstić information content (AvgIpc) is 2.37. The molecule has 0 saturated heterocycles. The Kier molecular flexibility index (Phi) is 4.39. The van der Waals surface area contributed by atoms with Crippen molar-refractivity contribution in [3.05, 3.63) is 51.6 Å². The van der Waals surface area contributed by atoms with Crippen molar-refractivity contribution >= 4 is 27.7 Å². The zero-order valence-corrected chi connectivity index (χ0v) is 13.1. The number of methoxy groups -OCH3 is 1. The van der Waals surface area contributed by atoms with E-state index in [1.165, 1.54) is 0 Å². The van der Waals surface area contributed by atoms with E-state index in [0.717, 1.165) is 15.7 Å². The maximum Gasteiger partial charge on any atom is 0.256 e. The fourth-order valence-electron chi connectivity index (χ4n) is 1.90. The Balaban J connectivity index is 2.21. The number of carbonyl (C=O) groups is 1. The van der Waals surface area contributed by atoms with Gasteiger partial charge in [0, 0.05) is 11.3 Å². The number of halogens is 1. The van der Waals surface area contributed by atoms with Gasteiger partial charge in [0.2, 0.25) is 0 Å². The van der Waals surface area contributed by atoms with Crippen molar-refractivity contribution in [2.45, 2.75) is 13.8 Å². The highest BCUT2D eigenvalue weighted by Gasteiger charge is 2.10. The average molecular weight is 335 g/mol. The van der Waals surface area contributed by atoms with Crippen LogP contribution in [0.5, 0.6) is 5.75 Å². The molecule has 4 nitrogen and oxygen atoms in total. The molecule has 0 radical (unpaired) electrons. The number of hydrogen-bond acceptors (Lipinski definition) is 3. The van der Waals surface area contributed by atoms with Crippen LogP contribution in [0.1, 0.15) is 21.6 Å². The lowest BCUT2D eigenvalue weighted by molar-refractivity contribution is 0.102. The van der Waals surface area contributed by atoms with Crippen molar-refractivity contribution in [3.8, 4) is 5.75 Å². The highest BCUT2D eigenvalue weighted by atomic mass is 79.9. The first kappa shape index (κ1) is 14.5. The van der Waals surface area contributed by atoms with E-state index in [1.807, 2.05) is 26.0 Å². The molecule has 0 bridgehead atoms. The minimum atomic E-state index is -0.203. The van der Waals surface area contributed by atoms with E-state index < -0.39 is 0 Å². The summed E-state index contributed by atoms with van der Waals surface area (Å²) < 4.78 is 5.88. The standard InChI is InChI=1S/C15H15BrN2O2/c1-9-6-10(2)17-14(7-9)18-15(19)11-4-5-13(20-3)12(16)8-11/h4-8H,1-3H3,(H,17,18,19). The van der Waals surface area contributed by atoms with Crippen LogP contribution in [0.15, 0.2) is 34.8 Å². The van der Waals surface area contributed by atoms with Gasteiger partial charge in [0.1, 0.15) is 11.6 Å². The molecule has 0 aliphatic heterocycles. The molecule has 1 aromatic heterocycles. The van der Waals surface area contributed by atoms with E-state index in [4.69, 9.17) is 4.74 Å². The van der Waals surface area contributed by atoms with Gasteiger partial charge >= 0.3 is 0 Å². The number of amides is 1. The Hall–Kier alpha value is -1.88. The normalized spacial score (nSPS) is 10.2. The summed E-state index contributed by atoms with van der Waals surface area (Å²) in [4.78, 5) is 16.5. The van der Waals surface area contributed by atoms with Crippen LogP contribution >= 0.6 is 15.9 Å². The zero-order valence-electron chi connectivity index (χ0n) is 11.5. The number of hydrogen-bond donors (Lipinski definition) is 1. The summed E-state index contributed by atoms with van der Waals surface area (Å²) in [5.41, 5.74) is 2.47. The summed E-state index contributed by atoms with van der Waals surface area (Å²) in [6.07, 6.45) is 0. The fourth-order valence-corrected chi connectivity index (χ4v) is 2.44. The molecule has 1 N–H and O–H groups in total. The number of aromatic nitrogens is 1. The molecule has 5 heteroatoms. The minimum Gasteiger partial charge on any atom is -0.496 e. The molecule has 1 amide bonds. The summed E-state index contributed by atoms with van der Waals surface area (Å²) in [6.45, 7) is 3.86. The van der Waals surface area contributed by atoms with Gasteiger partial charge in [0.15, 0.2) is 0 Å². The van der Waals surface area contributed by atoms with E-state index in [9.17, 15) is 4.79 Å². The molecule has 0 aliphatic carbocycles. The van der Waals surface area contributed by atoms with E-state index in [0.29, 0.717) is 17.1 Å². The number of pyridine rings is 1. The molecule has 1 aromatic carbocycles. The number of benzene rings is 1. The van der Waals surface area contributed by atoms with Crippen LogP contribution in [0.25, 0.3) is 0 Å². The molecule has 0 fully saturated rings. The van der Waals surface area contributed by atoms with Gasteiger partial charge in [-0.15, -0.1) is 0 Å². The third-order valence-corrected chi connectivity index (χ3v) is 3.37. The second-order valence-corrected chi connectivity index (χ2v) is 5.33. The van der Waals surface area contributed by atoms with Crippen molar-refractivity contribution in [2.75, 3.05) is 12.4 Å². The van der Waals surface area contributed by atoms with Gasteiger partial charge in [-0.3, -0.25) is 4.79 Å². The van der Waals surface area contributed by atoms with E-state index in [2.05, 4.69) is 26.2 Å². The quantitative estimate of drug-likeness (QED) is 0.930. The second kappa shape index (κ2) is 6.05. The smallest absolute Gasteiger partial charge is 0.256 e. The number of aryl methyl sites for hydroxylation is 2. The molecule has 1 heterocycles. The Morgan fingerprint density at radius 3 is 2.60 bits per heavy atom. The lowest BCUT2D eigenvalue weighted by atomic mass is 10.2. The van der Waals surface area contributed by atoms with Crippen molar-refractivity contribution in [1.82, 2.24) is 4.98 Å². The molecular formula is C15H15BrN2O2. The highest BCUT2D eigenvalue weighted by molar-refractivity contribution is 9.10. The van der Waals surface area contributed by atoms with Gasteiger partial charge in [-0.05, 0) is 65.7 Å². The lowest BCUT2D eigenvalue weighted by Gasteiger charge is -2.08. The molecule has 0 aliphatic rings. The Morgan fingerprint density at radius 1 is 1.25 bits per heavy atom. The number of ether oxygens (including phenoxy) is 1. The molecule has 2 rings (SSSR count). The first-order valence-corrected chi connectivity index (χ1v) is 6.89. The van der Waals surface area contributed by atoms with Crippen LogP contribution in [0.4, 0.5) is 5.82 Å². The number of nitrogens with one attached hydrogen (secondary N) is 1. The van der Waals surface area contributed by atoms with Gasteiger partial charge < -0.3 is 10.1 Å². The second-order valence-electron chi connectivity index (χ2n) is 4.47. The first-order valence-electron chi connectivity index (χ1n) is 6.10. The third kappa shape index (κ3) is 3.36. The van der Waals surface area contributed by atoms with E-state index >= 15 is 0 Å². The van der Waals surface area contributed by atoms with Gasteiger partial charge in [0.25, 0.3) is 5.91 Å². The van der Waals surface area contributed by atoms with Crippen molar-refractivity contribution in [1.29, 1.82) is 0 Å². The van der Waals surface area contributed by atoms with Gasteiger partial charge in [-0.2, -0.15) is 0 Å². The summed E-state index contributed by atoms with van der Waals surface area (Å²) in [7, 11) is 1.58. The summed E-state index contributed by atoms with van der Waals surface area (Å²) in [5, 5.41) is 2.79. The van der Waals surface area contributed by atoms with Gasteiger partial charge in [-0.1, -0.05) is 0 Å². The minimum absolute atomic E-state index is 0.203. The summed E-state index contributed by atoms with van der Waals surface area (Å²) >= 11 is 3.36. The number of carbonyl (C=O) groups excluding carboxylic acids is 1. The monoisotopic (exact) mass is 334 g/mol. The zero-order chi connectivity index (χ0) is 14.7. The van der Waals surface area contributed by atoms with Crippen molar-refractivity contribution in [3.63, 3.8) is 0 Å². The van der Waals surface area contributed by atoms with Crippen LogP contribution < -0.4 is 10.1 Å². The van der Waals surface area contributed by atoms with Crippen LogP contribution in [-0.2, 0) is 0 Å². The molecular weight excluding hydrogens is 320 g/mol. The fraction of sp³-hybridized carbons (Fsp3) is 0.200. The topological polar surface area (TPSA) is 51.2 Å². The maximum atomic E-state index is 12.2. The first-order chi connectivity index (χ1) is 9.49. The van der Waals surface area contributed by atoms with Crippen LogP contribution in [0, 0.1) is 13.8 Å². The van der Waals surface area contributed by atoms with Gasteiger partial charge in [0.05, 0.1) is 11.6 Å². The van der Waals surface area contributed by atoms with Gasteiger partial charge in [-0.25, -0.2) is 4.98 Å². The number of anilines is 1. The maximum absolute atomic E-state index is 12.2. The Labute approximate surface area is 126 Å². The molecule has 0 spiro atoms. The SMILES string of the molecule is COc1ccc(C(=O)Nc2cc(C)cc(C)n2)cc1Br. The largest absolute Gasteiger partial charge is 0.496 e. The van der Waals surface area contributed by atoms with E-state index in [-0.39, 0.29) is 5.91 Å². The lowest BCUT2D eigenvalue weighted by Crippen LogP contribution is -2.13. The van der Waals surface area contributed by atoms with Crippen molar-refractivity contribution < 1.29 is 9.53 Å². The molecule has 2 aromatic rings. The van der Waals surface area contributed by atoms with E-state index in [1.54, 1.807) is 25.3 Å². The van der Waals surface area contributed by atoms with Crippen LogP contribution in [0.2, 0.25) is 0 Å². The van der Waals surface area contributed by atoms with Crippen LogP contribution in [-0.4, -0.2) is 18.0 Å². The molecule has 20 heavy (non-hydrogen) atoms.